The Balaban J connectivity index is 1.23. The average Bonchev–Trinajstić information content (AvgIpc) is 3.81. The van der Waals surface area contributed by atoms with Crippen molar-refractivity contribution < 1.29 is 4.42 Å². The number of furan rings is 1. The van der Waals surface area contributed by atoms with Gasteiger partial charge in [0.1, 0.15) is 11.2 Å². The minimum absolute atomic E-state index is 0.543. The van der Waals surface area contributed by atoms with Crippen LogP contribution < -0.4 is 0 Å². The zero-order chi connectivity index (χ0) is 32.8. The fraction of sp³-hybridized carbons (Fsp3) is 0.0217. The van der Waals surface area contributed by atoms with Gasteiger partial charge in [-0.25, -0.2) is 15.0 Å². The lowest BCUT2D eigenvalue weighted by molar-refractivity contribution is 0.666. The van der Waals surface area contributed by atoms with Crippen LogP contribution in [-0.2, 0) is 5.41 Å². The number of fused-ring (bicyclic) bond motifs is 13. The molecule has 0 aliphatic heterocycles. The van der Waals surface area contributed by atoms with Crippen LogP contribution in [0.4, 0.5) is 0 Å². The minimum atomic E-state index is -0.543. The zero-order valence-electron chi connectivity index (χ0n) is 26.8. The monoisotopic (exact) mass is 637 g/mol. The molecular weight excluding hydrogens is 611 g/mol. The minimum Gasteiger partial charge on any atom is -0.456 e. The lowest BCUT2D eigenvalue weighted by Crippen LogP contribution is -2.25. The molecule has 4 heteroatoms. The third-order valence-electron chi connectivity index (χ3n) is 10.6. The van der Waals surface area contributed by atoms with Gasteiger partial charge in [0.2, 0.25) is 0 Å². The predicted octanol–water partition coefficient (Wildman–Crippen LogP) is 11.1. The lowest BCUT2D eigenvalue weighted by Gasteiger charge is -2.30. The summed E-state index contributed by atoms with van der Waals surface area (Å²) in [6, 6.07) is 57.7. The van der Waals surface area contributed by atoms with Crippen LogP contribution in [-0.4, -0.2) is 15.0 Å². The first-order chi connectivity index (χ1) is 24.8. The number of nitrogens with zero attached hydrogens (tertiary/aromatic N) is 3. The summed E-state index contributed by atoms with van der Waals surface area (Å²) >= 11 is 0. The first kappa shape index (κ1) is 27.3. The van der Waals surface area contributed by atoms with E-state index in [4.69, 9.17) is 19.4 Å². The zero-order valence-corrected chi connectivity index (χ0v) is 26.8. The number of hydrogen-bond donors (Lipinski definition) is 0. The molecule has 7 aromatic carbocycles. The van der Waals surface area contributed by atoms with Gasteiger partial charge in [-0.05, 0) is 62.7 Å². The van der Waals surface area contributed by atoms with E-state index >= 15 is 0 Å². The van der Waals surface area contributed by atoms with Crippen molar-refractivity contribution >= 4 is 21.9 Å². The van der Waals surface area contributed by atoms with Crippen molar-refractivity contribution in [3.63, 3.8) is 0 Å². The molecule has 9 aromatic rings. The van der Waals surface area contributed by atoms with Crippen molar-refractivity contribution in [3.05, 3.63) is 186 Å². The van der Waals surface area contributed by atoms with Gasteiger partial charge in [0.15, 0.2) is 17.5 Å². The Morgan fingerprint density at radius 1 is 0.360 bits per heavy atom. The summed E-state index contributed by atoms with van der Waals surface area (Å²) in [6.07, 6.45) is 0. The molecule has 1 atom stereocenters. The first-order valence-corrected chi connectivity index (χ1v) is 17.0. The predicted molar refractivity (Wildman–Crippen MR) is 200 cm³/mol. The molecule has 232 valence electrons. The summed E-state index contributed by atoms with van der Waals surface area (Å²) in [6.45, 7) is 0. The van der Waals surface area contributed by atoms with Crippen LogP contribution in [0.2, 0.25) is 0 Å². The third-order valence-corrected chi connectivity index (χ3v) is 10.6. The molecule has 2 aliphatic carbocycles. The molecule has 0 fully saturated rings. The van der Waals surface area contributed by atoms with E-state index in [1.165, 1.54) is 38.9 Å². The highest BCUT2D eigenvalue weighted by Crippen LogP contribution is 2.64. The number of para-hydroxylation sites is 1. The van der Waals surface area contributed by atoms with Gasteiger partial charge >= 0.3 is 0 Å². The van der Waals surface area contributed by atoms with E-state index in [1.807, 2.05) is 42.5 Å². The lowest BCUT2D eigenvalue weighted by atomic mass is 9.70. The normalized spacial score (nSPS) is 15.3. The number of rotatable bonds is 3. The van der Waals surface area contributed by atoms with E-state index in [-0.39, 0.29) is 0 Å². The average molecular weight is 638 g/mol. The second-order valence-corrected chi connectivity index (χ2v) is 13.1. The van der Waals surface area contributed by atoms with E-state index in [1.54, 1.807) is 0 Å². The molecule has 2 aliphatic rings. The van der Waals surface area contributed by atoms with Crippen molar-refractivity contribution in [2.24, 2.45) is 0 Å². The SMILES string of the molecule is c1ccc(-c2nc(-c3ccccc3)nc(-c3cccc4c3-c3ccccc3C43c4ccccc4-c4cc5c(cc43)oc3ccccc35)n2)cc1. The van der Waals surface area contributed by atoms with Gasteiger partial charge in [-0.1, -0.05) is 146 Å². The van der Waals surface area contributed by atoms with Crippen molar-refractivity contribution in [1.29, 1.82) is 0 Å². The van der Waals surface area contributed by atoms with Crippen molar-refractivity contribution in [1.82, 2.24) is 15.0 Å². The van der Waals surface area contributed by atoms with E-state index in [9.17, 15) is 0 Å². The van der Waals surface area contributed by atoms with Gasteiger partial charge in [0.25, 0.3) is 0 Å². The molecule has 2 heterocycles. The van der Waals surface area contributed by atoms with Crippen LogP contribution in [0.25, 0.3) is 78.4 Å². The molecule has 0 N–H and O–H groups in total. The van der Waals surface area contributed by atoms with Crippen LogP contribution >= 0.6 is 0 Å². The molecule has 4 nitrogen and oxygen atoms in total. The van der Waals surface area contributed by atoms with Crippen LogP contribution in [0, 0.1) is 0 Å². The number of hydrogen-bond acceptors (Lipinski definition) is 4. The van der Waals surface area contributed by atoms with Crippen molar-refractivity contribution in [3.8, 4) is 56.4 Å². The van der Waals surface area contributed by atoms with Crippen LogP contribution in [0.3, 0.4) is 0 Å². The highest BCUT2D eigenvalue weighted by atomic mass is 16.3. The molecular formula is C46H27N3O. The molecule has 0 saturated heterocycles. The van der Waals surface area contributed by atoms with Crippen molar-refractivity contribution in [2.75, 3.05) is 0 Å². The molecule has 1 spiro atoms. The molecule has 1 unspecified atom stereocenters. The fourth-order valence-electron chi connectivity index (χ4n) is 8.52. The standard InChI is InChI=1S/C46H27N3O/c1-3-14-28(15-4-1)43-47-44(29-16-5-2-6-17-29)49-45(48-43)33-21-13-24-38-42(33)32-20-8-11-23-37(32)46(38)36-22-10-7-18-30(36)34-26-35-31-19-9-12-25-40(31)50-41(35)27-39(34)46/h1-27H. The van der Waals surface area contributed by atoms with Gasteiger partial charge in [-0.15, -0.1) is 0 Å². The first-order valence-electron chi connectivity index (χ1n) is 17.0. The van der Waals surface area contributed by atoms with Crippen LogP contribution in [0.1, 0.15) is 22.3 Å². The summed E-state index contributed by atoms with van der Waals surface area (Å²) < 4.78 is 6.53. The Kier molecular flexibility index (Phi) is 5.56. The van der Waals surface area contributed by atoms with Crippen LogP contribution in [0.15, 0.2) is 168 Å². The summed E-state index contributed by atoms with van der Waals surface area (Å²) in [7, 11) is 0. The molecule has 11 rings (SSSR count). The van der Waals surface area contributed by atoms with Gasteiger partial charge < -0.3 is 4.42 Å². The summed E-state index contributed by atoms with van der Waals surface area (Å²) in [4.78, 5) is 15.3. The number of benzene rings is 7. The van der Waals surface area contributed by atoms with E-state index in [0.717, 1.165) is 44.2 Å². The third kappa shape index (κ3) is 3.62. The second kappa shape index (κ2) is 10.2. The molecule has 2 aromatic heterocycles. The molecule has 0 saturated carbocycles. The van der Waals surface area contributed by atoms with E-state index < -0.39 is 5.41 Å². The Labute approximate surface area is 288 Å². The molecule has 50 heavy (non-hydrogen) atoms. The summed E-state index contributed by atoms with van der Waals surface area (Å²) in [5, 5.41) is 2.27. The van der Waals surface area contributed by atoms with Gasteiger partial charge in [-0.3, -0.25) is 0 Å². The fourth-order valence-corrected chi connectivity index (χ4v) is 8.52. The number of aromatic nitrogens is 3. The highest BCUT2D eigenvalue weighted by Gasteiger charge is 2.52. The second-order valence-electron chi connectivity index (χ2n) is 13.1. The summed E-state index contributed by atoms with van der Waals surface area (Å²) in [5.41, 5.74) is 14.0. The Bertz CT molecular complexity index is 2760. The van der Waals surface area contributed by atoms with Crippen LogP contribution in [0.5, 0.6) is 0 Å². The quantitative estimate of drug-likeness (QED) is 0.193. The maximum atomic E-state index is 6.53. The molecule has 0 amide bonds. The largest absolute Gasteiger partial charge is 0.456 e. The van der Waals surface area contributed by atoms with Crippen molar-refractivity contribution in [2.45, 2.75) is 5.41 Å². The smallest absolute Gasteiger partial charge is 0.164 e. The molecule has 0 radical (unpaired) electrons. The van der Waals surface area contributed by atoms with Gasteiger partial charge in [0, 0.05) is 27.5 Å². The van der Waals surface area contributed by atoms with Gasteiger partial charge in [0.05, 0.1) is 5.41 Å². The Morgan fingerprint density at radius 3 is 1.66 bits per heavy atom. The highest BCUT2D eigenvalue weighted by molar-refractivity contribution is 6.09. The molecule has 0 bridgehead atoms. The Morgan fingerprint density at radius 2 is 0.920 bits per heavy atom. The maximum Gasteiger partial charge on any atom is 0.164 e. The van der Waals surface area contributed by atoms with Gasteiger partial charge in [-0.2, -0.15) is 0 Å². The Hall–Kier alpha value is -6.65. The van der Waals surface area contributed by atoms with E-state index in [0.29, 0.717) is 17.5 Å². The van der Waals surface area contributed by atoms with E-state index in [2.05, 4.69) is 121 Å². The maximum absolute atomic E-state index is 6.53. The summed E-state index contributed by atoms with van der Waals surface area (Å²) in [5.74, 6) is 1.95. The topological polar surface area (TPSA) is 51.8 Å².